The Morgan fingerprint density at radius 1 is 1.05 bits per heavy atom. The van der Waals surface area contributed by atoms with Crippen LogP contribution < -0.4 is 0 Å². The van der Waals surface area contributed by atoms with E-state index in [4.69, 9.17) is 0 Å². The minimum Gasteiger partial charge on any atom is -0.327 e. The van der Waals surface area contributed by atoms with Crippen LogP contribution in [-0.2, 0) is 26.7 Å². The third kappa shape index (κ3) is 4.13. The van der Waals surface area contributed by atoms with E-state index in [2.05, 4.69) is 15.2 Å². The maximum Gasteiger partial charge on any atom is 0.433 e. The summed E-state index contributed by atoms with van der Waals surface area (Å²) in [6.07, 6.45) is -2.98. The number of hydrogen-bond acceptors (Lipinski definition) is 4. The van der Waals surface area contributed by atoms with Gasteiger partial charge in [-0.15, -0.1) is 0 Å². The fraction of sp³-hybridized carbons (Fsp3) is 0.407. The molecule has 4 aromatic rings. The van der Waals surface area contributed by atoms with E-state index in [0.717, 1.165) is 16.3 Å². The fourth-order valence-corrected chi connectivity index (χ4v) is 5.63. The van der Waals surface area contributed by atoms with Gasteiger partial charge in [-0.1, -0.05) is 13.8 Å². The van der Waals surface area contributed by atoms with Gasteiger partial charge in [0.1, 0.15) is 17.2 Å². The SMILES string of the molecule is CC[C@H]1Cc2c(nn(C)c2-c2cc(C(F)(F)F)n(C)n2)[C@@H](CC)N1C(=O)c1cc(C)nc2ccc(F)cc12. The summed E-state index contributed by atoms with van der Waals surface area (Å²) >= 11 is 0. The number of aromatic nitrogens is 5. The highest BCUT2D eigenvalue weighted by atomic mass is 19.4. The van der Waals surface area contributed by atoms with Crippen molar-refractivity contribution in [3.05, 3.63) is 64.4 Å². The molecule has 1 aliphatic heterocycles. The van der Waals surface area contributed by atoms with E-state index in [0.29, 0.717) is 52.8 Å². The number of rotatable bonds is 4. The number of aryl methyl sites for hydroxylation is 3. The minimum atomic E-state index is -4.54. The van der Waals surface area contributed by atoms with Crippen LogP contribution in [0.5, 0.6) is 0 Å². The molecule has 0 unspecified atom stereocenters. The van der Waals surface area contributed by atoms with Gasteiger partial charge in [0, 0.05) is 36.8 Å². The van der Waals surface area contributed by atoms with Gasteiger partial charge in [-0.05, 0) is 56.5 Å². The molecule has 0 aliphatic carbocycles. The number of nitrogens with zero attached hydrogens (tertiary/aromatic N) is 6. The number of pyridine rings is 1. The predicted octanol–water partition coefficient (Wildman–Crippen LogP) is 5.76. The van der Waals surface area contributed by atoms with Gasteiger partial charge in [-0.3, -0.25) is 19.1 Å². The topological polar surface area (TPSA) is 68.8 Å². The first-order chi connectivity index (χ1) is 17.9. The second kappa shape index (κ2) is 9.21. The Kier molecular flexibility index (Phi) is 6.27. The van der Waals surface area contributed by atoms with E-state index in [-0.39, 0.29) is 17.6 Å². The first kappa shape index (κ1) is 25.9. The third-order valence-electron chi connectivity index (χ3n) is 7.30. The molecule has 11 heteroatoms. The Morgan fingerprint density at radius 2 is 1.79 bits per heavy atom. The first-order valence-electron chi connectivity index (χ1n) is 12.5. The van der Waals surface area contributed by atoms with Crippen molar-refractivity contribution in [2.24, 2.45) is 14.1 Å². The smallest absolute Gasteiger partial charge is 0.327 e. The lowest BCUT2D eigenvalue weighted by atomic mass is 9.87. The Hall–Kier alpha value is -3.76. The van der Waals surface area contributed by atoms with Crippen LogP contribution in [-0.4, -0.2) is 41.4 Å². The zero-order valence-electron chi connectivity index (χ0n) is 21.8. The van der Waals surface area contributed by atoms with Crippen LogP contribution >= 0.6 is 0 Å². The molecule has 1 aliphatic rings. The van der Waals surface area contributed by atoms with Gasteiger partial charge in [0.25, 0.3) is 5.91 Å². The first-order valence-corrected chi connectivity index (χ1v) is 12.5. The number of amides is 1. The van der Waals surface area contributed by atoms with Crippen molar-refractivity contribution in [1.29, 1.82) is 0 Å². The average Bonchev–Trinajstić information content (AvgIpc) is 3.40. The summed E-state index contributed by atoms with van der Waals surface area (Å²) in [5, 5.41) is 9.28. The quantitative estimate of drug-likeness (QED) is 0.316. The number of halogens is 4. The fourth-order valence-electron chi connectivity index (χ4n) is 5.63. The molecule has 2 atom stereocenters. The van der Waals surface area contributed by atoms with Crippen LogP contribution in [0.3, 0.4) is 0 Å². The molecule has 0 saturated carbocycles. The molecule has 0 N–H and O–H groups in total. The van der Waals surface area contributed by atoms with Crippen LogP contribution in [0.15, 0.2) is 30.3 Å². The molecule has 7 nitrogen and oxygen atoms in total. The van der Waals surface area contributed by atoms with Crippen LogP contribution in [0.4, 0.5) is 17.6 Å². The number of carbonyl (C=O) groups excluding carboxylic acids is 1. The van der Waals surface area contributed by atoms with Gasteiger partial charge < -0.3 is 4.90 Å². The van der Waals surface area contributed by atoms with Gasteiger partial charge in [-0.2, -0.15) is 23.4 Å². The van der Waals surface area contributed by atoms with Crippen molar-refractivity contribution in [2.45, 2.75) is 58.3 Å². The molecule has 0 fully saturated rings. The summed E-state index contributed by atoms with van der Waals surface area (Å²) in [5.74, 6) is -0.708. The standard InChI is InChI=1S/C27H28F4N6O/c1-6-16-12-19-24(34-36(5)25(19)21-13-23(27(29,30)31)35(4)33-21)22(7-2)37(16)26(38)18-10-14(3)32-20-9-8-15(28)11-17(18)20/h8-11,13,16,22H,6-7,12H2,1-5H3/t16-,22+/m0/s1. The maximum absolute atomic E-state index is 14.2. The highest BCUT2D eigenvalue weighted by Crippen LogP contribution is 2.42. The summed E-state index contributed by atoms with van der Waals surface area (Å²) in [4.78, 5) is 20.4. The van der Waals surface area contributed by atoms with Crippen LogP contribution in [0, 0.1) is 12.7 Å². The summed E-state index contributed by atoms with van der Waals surface area (Å²) in [7, 11) is 2.95. The third-order valence-corrected chi connectivity index (χ3v) is 7.30. The molecular formula is C27H28F4N6O. The van der Waals surface area contributed by atoms with Crippen LogP contribution in [0.2, 0.25) is 0 Å². The molecule has 0 saturated heterocycles. The van der Waals surface area contributed by atoms with Gasteiger partial charge in [0.2, 0.25) is 0 Å². The normalized spacial score (nSPS) is 17.8. The molecule has 0 radical (unpaired) electrons. The monoisotopic (exact) mass is 528 g/mol. The molecule has 1 aromatic carbocycles. The molecule has 0 spiro atoms. The van der Waals surface area contributed by atoms with Crippen LogP contribution in [0.1, 0.15) is 65.7 Å². The number of alkyl halides is 3. The molecule has 3 aromatic heterocycles. The van der Waals surface area contributed by atoms with Gasteiger partial charge in [0.15, 0.2) is 0 Å². The zero-order chi connectivity index (χ0) is 27.5. The molecule has 0 bridgehead atoms. The molecule has 200 valence electrons. The lowest BCUT2D eigenvalue weighted by Crippen LogP contribution is -2.47. The summed E-state index contributed by atoms with van der Waals surface area (Å²) in [5.41, 5.74) is 2.83. The van der Waals surface area contributed by atoms with E-state index >= 15 is 0 Å². The van der Waals surface area contributed by atoms with Crippen molar-refractivity contribution in [3.63, 3.8) is 0 Å². The lowest BCUT2D eigenvalue weighted by molar-refractivity contribution is -0.143. The number of benzene rings is 1. The number of carbonyl (C=O) groups is 1. The summed E-state index contributed by atoms with van der Waals surface area (Å²) in [6.45, 7) is 5.70. The van der Waals surface area contributed by atoms with E-state index in [1.165, 1.54) is 19.2 Å². The van der Waals surface area contributed by atoms with Crippen molar-refractivity contribution < 1.29 is 22.4 Å². The molecule has 38 heavy (non-hydrogen) atoms. The van der Waals surface area contributed by atoms with Crippen molar-refractivity contribution in [3.8, 4) is 11.4 Å². The Bertz CT molecular complexity index is 1550. The maximum atomic E-state index is 14.2. The van der Waals surface area contributed by atoms with Crippen molar-refractivity contribution in [1.82, 2.24) is 29.4 Å². The lowest BCUT2D eigenvalue weighted by Gasteiger charge is -2.41. The summed E-state index contributed by atoms with van der Waals surface area (Å²) < 4.78 is 57.0. The van der Waals surface area contributed by atoms with E-state index in [9.17, 15) is 22.4 Å². The van der Waals surface area contributed by atoms with Gasteiger partial charge in [-0.25, -0.2) is 4.39 Å². The molecule has 1 amide bonds. The van der Waals surface area contributed by atoms with Gasteiger partial charge in [0.05, 0.1) is 28.5 Å². The zero-order valence-corrected chi connectivity index (χ0v) is 21.8. The second-order valence-corrected chi connectivity index (χ2v) is 9.75. The molecule has 4 heterocycles. The van der Waals surface area contributed by atoms with Gasteiger partial charge >= 0.3 is 6.18 Å². The van der Waals surface area contributed by atoms with E-state index in [1.807, 2.05) is 13.8 Å². The Balaban J connectivity index is 1.64. The highest BCUT2D eigenvalue weighted by Gasteiger charge is 2.42. The minimum absolute atomic E-state index is 0.187. The second-order valence-electron chi connectivity index (χ2n) is 9.75. The summed E-state index contributed by atoms with van der Waals surface area (Å²) in [6, 6.07) is 6.25. The van der Waals surface area contributed by atoms with Crippen molar-refractivity contribution >= 4 is 16.8 Å². The predicted molar refractivity (Wildman–Crippen MR) is 134 cm³/mol. The van der Waals surface area contributed by atoms with Crippen LogP contribution in [0.25, 0.3) is 22.3 Å². The molecule has 5 rings (SSSR count). The number of fused-ring (bicyclic) bond motifs is 2. The Morgan fingerprint density at radius 3 is 2.42 bits per heavy atom. The Labute approximate surface area is 217 Å². The molecular weight excluding hydrogens is 500 g/mol. The van der Waals surface area contributed by atoms with E-state index < -0.39 is 23.7 Å². The van der Waals surface area contributed by atoms with Crippen molar-refractivity contribution in [2.75, 3.05) is 0 Å². The average molecular weight is 529 g/mol. The number of hydrogen-bond donors (Lipinski definition) is 0. The van der Waals surface area contributed by atoms with E-state index in [1.54, 1.807) is 35.7 Å². The highest BCUT2D eigenvalue weighted by molar-refractivity contribution is 6.06. The largest absolute Gasteiger partial charge is 0.433 e.